The van der Waals surface area contributed by atoms with Crippen LogP contribution in [0.4, 0.5) is 0 Å². The first-order chi connectivity index (χ1) is 33.6. The Hall–Kier alpha value is -1.80. The van der Waals surface area contributed by atoms with Crippen LogP contribution in [-0.2, 0) is 27.9 Å². The molecule has 0 saturated carbocycles. The molecule has 0 saturated heterocycles. The molecule has 0 heterocycles. The summed E-state index contributed by atoms with van der Waals surface area (Å²) in [6.45, 7) is 5.41. The summed E-state index contributed by atoms with van der Waals surface area (Å²) in [6, 6.07) is 0. The van der Waals surface area contributed by atoms with Crippen molar-refractivity contribution in [2.24, 2.45) is 0 Å². The molecule has 0 bridgehead atoms. The SMILES string of the molecule is CCCCCCC/C=C\C/C=C\C/C=C\CCCCCCCCCCC(=O)OC(COCCCCCCCCCCCCCC/C=C\C/C=C\CCCCCCC)COP(=O)([O-])OCC[N+](C)(C)C. The number of ether oxygens (including phenoxy) is 2. The van der Waals surface area contributed by atoms with Gasteiger partial charge in [-0.25, -0.2) is 0 Å². The maximum absolute atomic E-state index is 12.8. The summed E-state index contributed by atoms with van der Waals surface area (Å²) in [5.41, 5.74) is 0. The molecule has 2 unspecified atom stereocenters. The van der Waals surface area contributed by atoms with Crippen LogP contribution >= 0.6 is 7.82 Å². The average Bonchev–Trinajstić information content (AvgIpc) is 3.31. The standard InChI is InChI=1S/C60H112NO7P/c1-6-8-10-12-14-16-18-20-22-24-26-28-30-32-34-36-38-40-42-44-46-48-50-52-55-65-57-59(58-67-69(63,64)66-56-54-61(3,4)5)68-60(62)53-51-49-47-45-43-41-39-37-35-33-31-29-27-25-23-21-19-17-15-13-11-9-7-2/h18-21,24-27,31,33,59H,6-17,22-23,28-30,32,34-58H2,1-5H3/b20-18-,21-19-,26-24-,27-25-,33-31-. The number of nitrogens with zero attached hydrogens (tertiary/aromatic N) is 1. The van der Waals surface area contributed by atoms with Crippen molar-refractivity contribution in [2.45, 2.75) is 264 Å². The van der Waals surface area contributed by atoms with Crippen LogP contribution in [-0.4, -0.2) is 70.7 Å². The molecule has 0 aliphatic carbocycles. The van der Waals surface area contributed by atoms with Gasteiger partial charge in [0.25, 0.3) is 7.82 Å². The molecule has 8 nitrogen and oxygen atoms in total. The number of carbonyl (C=O) groups excluding carboxylic acids is 1. The molecule has 0 aromatic rings. The van der Waals surface area contributed by atoms with Crippen molar-refractivity contribution in [3.05, 3.63) is 60.8 Å². The van der Waals surface area contributed by atoms with E-state index in [0.717, 1.165) is 57.8 Å². The van der Waals surface area contributed by atoms with E-state index in [1.165, 1.54) is 180 Å². The molecule has 0 fully saturated rings. The molecule has 404 valence electrons. The summed E-state index contributed by atoms with van der Waals surface area (Å²) in [5, 5.41) is 0. The zero-order valence-corrected chi connectivity index (χ0v) is 46.9. The van der Waals surface area contributed by atoms with Gasteiger partial charge in [-0.2, -0.15) is 0 Å². The number of carbonyl (C=O) groups is 1. The monoisotopic (exact) mass is 990 g/mol. The largest absolute Gasteiger partial charge is 0.756 e. The number of quaternary nitrogens is 1. The average molecular weight is 991 g/mol. The van der Waals surface area contributed by atoms with Crippen LogP contribution in [0.3, 0.4) is 0 Å². The van der Waals surface area contributed by atoms with E-state index >= 15 is 0 Å². The summed E-state index contributed by atoms with van der Waals surface area (Å²) < 4.78 is 34.9. The highest BCUT2D eigenvalue weighted by atomic mass is 31.2. The molecular formula is C60H112NO7P. The molecule has 0 N–H and O–H groups in total. The van der Waals surface area contributed by atoms with Gasteiger partial charge in [-0.3, -0.25) is 9.36 Å². The Kier molecular flexibility index (Phi) is 51.2. The zero-order chi connectivity index (χ0) is 50.5. The fourth-order valence-corrected chi connectivity index (χ4v) is 8.78. The maximum atomic E-state index is 12.8. The van der Waals surface area contributed by atoms with E-state index in [1.807, 2.05) is 21.1 Å². The minimum absolute atomic E-state index is 0.0227. The predicted octanol–water partition coefficient (Wildman–Crippen LogP) is 17.8. The Balaban J connectivity index is 4.10. The van der Waals surface area contributed by atoms with Crippen molar-refractivity contribution in [3.63, 3.8) is 0 Å². The lowest BCUT2D eigenvalue weighted by molar-refractivity contribution is -0.870. The van der Waals surface area contributed by atoms with Crippen molar-refractivity contribution < 1.29 is 37.3 Å². The second-order valence-corrected chi connectivity index (χ2v) is 22.1. The van der Waals surface area contributed by atoms with Crippen molar-refractivity contribution in [1.82, 2.24) is 0 Å². The fraction of sp³-hybridized carbons (Fsp3) is 0.817. The van der Waals surface area contributed by atoms with Crippen LogP contribution in [0.15, 0.2) is 60.8 Å². The summed E-state index contributed by atoms with van der Waals surface area (Å²) in [6.07, 6.45) is 68.3. The highest BCUT2D eigenvalue weighted by Crippen LogP contribution is 2.38. The van der Waals surface area contributed by atoms with Gasteiger partial charge in [0.1, 0.15) is 19.3 Å². The Morgan fingerprint density at radius 1 is 0.449 bits per heavy atom. The number of phosphoric ester groups is 1. The third-order valence-electron chi connectivity index (χ3n) is 12.5. The molecule has 2 atom stereocenters. The van der Waals surface area contributed by atoms with Crippen molar-refractivity contribution in [2.75, 3.05) is 54.1 Å². The van der Waals surface area contributed by atoms with Crippen molar-refractivity contribution >= 4 is 13.8 Å². The van der Waals surface area contributed by atoms with E-state index in [9.17, 15) is 14.3 Å². The number of rotatable bonds is 54. The fourth-order valence-electron chi connectivity index (χ4n) is 8.06. The highest BCUT2D eigenvalue weighted by molar-refractivity contribution is 7.45. The van der Waals surface area contributed by atoms with Gasteiger partial charge < -0.3 is 27.9 Å². The number of likely N-dealkylation sites (N-methyl/N-ethyl adjacent to an activating group) is 1. The number of phosphoric acid groups is 1. The summed E-state index contributed by atoms with van der Waals surface area (Å²) in [7, 11) is 1.35. The summed E-state index contributed by atoms with van der Waals surface area (Å²) >= 11 is 0. The molecule has 0 spiro atoms. The topological polar surface area (TPSA) is 94.1 Å². The van der Waals surface area contributed by atoms with Gasteiger partial charge in [0.05, 0.1) is 34.4 Å². The van der Waals surface area contributed by atoms with E-state index in [1.54, 1.807) is 0 Å². The number of hydrogen-bond acceptors (Lipinski definition) is 7. The van der Waals surface area contributed by atoms with Gasteiger partial charge in [-0.1, -0.05) is 229 Å². The molecule has 0 amide bonds. The predicted molar refractivity (Wildman–Crippen MR) is 296 cm³/mol. The van der Waals surface area contributed by atoms with Crippen LogP contribution in [0, 0.1) is 0 Å². The third-order valence-corrected chi connectivity index (χ3v) is 13.5. The summed E-state index contributed by atoms with van der Waals surface area (Å²) in [4.78, 5) is 25.3. The molecule has 0 aliphatic rings. The second-order valence-electron chi connectivity index (χ2n) is 20.6. The number of esters is 1. The maximum Gasteiger partial charge on any atom is 0.306 e. The number of hydrogen-bond donors (Lipinski definition) is 0. The lowest BCUT2D eigenvalue weighted by Gasteiger charge is -2.28. The van der Waals surface area contributed by atoms with Crippen LogP contribution in [0.1, 0.15) is 258 Å². The number of unbranched alkanes of at least 4 members (excludes halogenated alkanes) is 30. The van der Waals surface area contributed by atoms with Gasteiger partial charge in [0.2, 0.25) is 0 Å². The molecule has 0 aliphatic heterocycles. The lowest BCUT2D eigenvalue weighted by Crippen LogP contribution is -2.37. The van der Waals surface area contributed by atoms with E-state index in [4.69, 9.17) is 18.5 Å². The third kappa shape index (κ3) is 57.0. The number of allylic oxidation sites excluding steroid dienone is 10. The van der Waals surface area contributed by atoms with Gasteiger partial charge in [-0.15, -0.1) is 0 Å². The van der Waals surface area contributed by atoms with Gasteiger partial charge in [0.15, 0.2) is 0 Å². The van der Waals surface area contributed by atoms with Crippen LogP contribution in [0.2, 0.25) is 0 Å². The Morgan fingerprint density at radius 2 is 0.797 bits per heavy atom. The molecular weight excluding hydrogens is 878 g/mol. The van der Waals surface area contributed by atoms with Gasteiger partial charge >= 0.3 is 5.97 Å². The van der Waals surface area contributed by atoms with Crippen molar-refractivity contribution in [1.29, 1.82) is 0 Å². The first-order valence-electron chi connectivity index (χ1n) is 29.0. The molecule has 0 radical (unpaired) electrons. The summed E-state index contributed by atoms with van der Waals surface area (Å²) in [5.74, 6) is -0.340. The Morgan fingerprint density at radius 3 is 1.19 bits per heavy atom. The normalized spacial score (nSPS) is 13.9. The first-order valence-corrected chi connectivity index (χ1v) is 30.5. The minimum atomic E-state index is -4.54. The van der Waals surface area contributed by atoms with Gasteiger partial charge in [-0.05, 0) is 83.5 Å². The van der Waals surface area contributed by atoms with Crippen LogP contribution in [0.25, 0.3) is 0 Å². The van der Waals surface area contributed by atoms with Gasteiger partial charge in [0, 0.05) is 13.0 Å². The second kappa shape index (κ2) is 52.5. The Bertz CT molecular complexity index is 1290. The quantitative estimate of drug-likeness (QED) is 0.0197. The smallest absolute Gasteiger partial charge is 0.306 e. The van der Waals surface area contributed by atoms with E-state index in [0.29, 0.717) is 24.1 Å². The zero-order valence-electron chi connectivity index (χ0n) is 46.0. The minimum Gasteiger partial charge on any atom is -0.756 e. The van der Waals surface area contributed by atoms with Crippen molar-refractivity contribution in [3.8, 4) is 0 Å². The Labute approximate surface area is 428 Å². The van der Waals surface area contributed by atoms with E-state index in [-0.39, 0.29) is 25.8 Å². The van der Waals surface area contributed by atoms with Crippen LogP contribution in [0.5, 0.6) is 0 Å². The molecule has 0 aromatic carbocycles. The van der Waals surface area contributed by atoms with E-state index < -0.39 is 13.9 Å². The molecule has 69 heavy (non-hydrogen) atoms. The van der Waals surface area contributed by atoms with Crippen LogP contribution < -0.4 is 4.89 Å². The molecule has 0 aromatic heterocycles. The first kappa shape index (κ1) is 67.2. The van der Waals surface area contributed by atoms with E-state index in [2.05, 4.69) is 74.6 Å². The highest BCUT2D eigenvalue weighted by Gasteiger charge is 2.20. The molecule has 0 rings (SSSR count). The lowest BCUT2D eigenvalue weighted by atomic mass is 10.0. The molecule has 9 heteroatoms.